The number of hydrogen-bond donors (Lipinski definition) is 0. The molecule has 4 heteroatoms. The van der Waals surface area contributed by atoms with Crippen LogP contribution in [0.25, 0.3) is 0 Å². The lowest BCUT2D eigenvalue weighted by molar-refractivity contribution is 0.0740. The molecule has 0 saturated carbocycles. The van der Waals surface area contributed by atoms with Gasteiger partial charge in [0.2, 0.25) is 0 Å². The van der Waals surface area contributed by atoms with Gasteiger partial charge in [-0.25, -0.2) is 0 Å². The number of carbonyl (C=O) groups is 1. The lowest BCUT2D eigenvalue weighted by Gasteiger charge is -2.21. The van der Waals surface area contributed by atoms with Crippen LogP contribution in [0.15, 0.2) is 46.9 Å². The van der Waals surface area contributed by atoms with E-state index in [1.165, 1.54) is 5.56 Å². The van der Waals surface area contributed by atoms with E-state index in [1.54, 1.807) is 11.0 Å². The number of aryl methyl sites for hydroxylation is 1. The van der Waals surface area contributed by atoms with Crippen molar-refractivity contribution in [1.82, 2.24) is 9.80 Å². The third-order valence-corrected chi connectivity index (χ3v) is 4.45. The number of furan rings is 1. The number of amides is 1. The van der Waals surface area contributed by atoms with Crippen LogP contribution in [0, 0.1) is 12.8 Å². The molecule has 1 aliphatic rings. The second kappa shape index (κ2) is 7.01. The average Bonchev–Trinajstić information content (AvgIpc) is 3.17. The van der Waals surface area contributed by atoms with Crippen molar-refractivity contribution in [2.75, 3.05) is 26.7 Å². The first kappa shape index (κ1) is 15.8. The number of benzene rings is 1. The van der Waals surface area contributed by atoms with E-state index < -0.39 is 0 Å². The molecule has 1 unspecified atom stereocenters. The first-order valence-corrected chi connectivity index (χ1v) is 8.20. The Morgan fingerprint density at radius 2 is 2.04 bits per heavy atom. The van der Waals surface area contributed by atoms with Crippen LogP contribution in [-0.2, 0) is 6.54 Å². The van der Waals surface area contributed by atoms with Crippen LogP contribution in [0.4, 0.5) is 0 Å². The van der Waals surface area contributed by atoms with Gasteiger partial charge in [0.25, 0.3) is 5.91 Å². The fraction of sp³-hybridized carbons (Fsp3) is 0.421. The van der Waals surface area contributed by atoms with Gasteiger partial charge in [-0.15, -0.1) is 0 Å². The Bertz CT molecular complexity index is 650. The predicted octanol–water partition coefficient (Wildman–Crippen LogP) is 3.18. The molecular formula is C19H24N2O2. The summed E-state index contributed by atoms with van der Waals surface area (Å²) in [5.41, 5.74) is 1.35. The molecule has 0 radical (unpaired) electrons. The highest BCUT2D eigenvalue weighted by atomic mass is 16.3. The molecule has 1 atom stereocenters. The standard InChI is InChI=1S/C19H24N2O2/c1-15-8-9-18(23-15)19(22)20(2)12-17-10-11-21(14-17)13-16-6-4-3-5-7-16/h3-9,17H,10-14H2,1-2H3. The largest absolute Gasteiger partial charge is 0.456 e. The van der Waals surface area contributed by atoms with Crippen LogP contribution < -0.4 is 0 Å². The molecule has 0 bridgehead atoms. The van der Waals surface area contributed by atoms with Crippen molar-refractivity contribution < 1.29 is 9.21 Å². The number of carbonyl (C=O) groups excluding carboxylic acids is 1. The summed E-state index contributed by atoms with van der Waals surface area (Å²) in [4.78, 5) is 16.6. The first-order valence-electron chi connectivity index (χ1n) is 8.20. The summed E-state index contributed by atoms with van der Waals surface area (Å²) in [6.07, 6.45) is 1.14. The van der Waals surface area contributed by atoms with Gasteiger partial charge in [-0.3, -0.25) is 9.69 Å². The fourth-order valence-electron chi connectivity index (χ4n) is 3.25. The molecule has 4 nitrogen and oxygen atoms in total. The summed E-state index contributed by atoms with van der Waals surface area (Å²) >= 11 is 0. The van der Waals surface area contributed by atoms with Gasteiger partial charge >= 0.3 is 0 Å². The van der Waals surface area contributed by atoms with Crippen LogP contribution in [0.1, 0.15) is 28.3 Å². The van der Waals surface area contributed by atoms with Crippen LogP contribution in [0.5, 0.6) is 0 Å². The molecule has 1 aliphatic heterocycles. The summed E-state index contributed by atoms with van der Waals surface area (Å²) in [5, 5.41) is 0. The molecule has 1 saturated heterocycles. The van der Waals surface area contributed by atoms with E-state index in [2.05, 4.69) is 29.2 Å². The zero-order valence-corrected chi connectivity index (χ0v) is 13.9. The van der Waals surface area contributed by atoms with Crippen molar-refractivity contribution in [2.24, 2.45) is 5.92 Å². The summed E-state index contributed by atoms with van der Waals surface area (Å²) in [6, 6.07) is 14.1. The monoisotopic (exact) mass is 312 g/mol. The summed E-state index contributed by atoms with van der Waals surface area (Å²) < 4.78 is 5.43. The molecule has 2 heterocycles. The van der Waals surface area contributed by atoms with Gasteiger partial charge in [0, 0.05) is 26.7 Å². The quantitative estimate of drug-likeness (QED) is 0.851. The van der Waals surface area contributed by atoms with E-state index >= 15 is 0 Å². The molecule has 3 rings (SSSR count). The van der Waals surface area contributed by atoms with Crippen molar-refractivity contribution in [1.29, 1.82) is 0 Å². The van der Waals surface area contributed by atoms with Gasteiger partial charge in [-0.1, -0.05) is 30.3 Å². The van der Waals surface area contributed by atoms with E-state index in [1.807, 2.05) is 26.1 Å². The number of rotatable bonds is 5. The van der Waals surface area contributed by atoms with Crippen molar-refractivity contribution in [2.45, 2.75) is 19.9 Å². The Balaban J connectivity index is 1.50. The smallest absolute Gasteiger partial charge is 0.289 e. The Kier molecular flexibility index (Phi) is 4.82. The topological polar surface area (TPSA) is 36.7 Å². The van der Waals surface area contributed by atoms with Crippen molar-refractivity contribution >= 4 is 5.91 Å². The second-order valence-electron chi connectivity index (χ2n) is 6.47. The molecule has 23 heavy (non-hydrogen) atoms. The number of hydrogen-bond acceptors (Lipinski definition) is 3. The second-order valence-corrected chi connectivity index (χ2v) is 6.47. The zero-order chi connectivity index (χ0) is 16.2. The minimum atomic E-state index is -0.0281. The van der Waals surface area contributed by atoms with E-state index in [-0.39, 0.29) is 5.91 Å². The maximum Gasteiger partial charge on any atom is 0.289 e. The van der Waals surface area contributed by atoms with Crippen LogP contribution in [0.2, 0.25) is 0 Å². The van der Waals surface area contributed by atoms with Crippen LogP contribution >= 0.6 is 0 Å². The summed E-state index contributed by atoms with van der Waals surface area (Å²) in [5.74, 6) is 1.71. The maximum absolute atomic E-state index is 12.3. The van der Waals surface area contributed by atoms with E-state index in [0.29, 0.717) is 11.7 Å². The highest BCUT2D eigenvalue weighted by Gasteiger charge is 2.26. The SMILES string of the molecule is Cc1ccc(C(=O)N(C)CC2CCN(Cc3ccccc3)C2)o1. The Morgan fingerprint density at radius 1 is 1.26 bits per heavy atom. The van der Waals surface area contributed by atoms with E-state index in [9.17, 15) is 4.79 Å². The molecule has 1 amide bonds. The Morgan fingerprint density at radius 3 is 2.74 bits per heavy atom. The summed E-state index contributed by atoms with van der Waals surface area (Å²) in [6.45, 7) is 5.77. The predicted molar refractivity (Wildman–Crippen MR) is 90.2 cm³/mol. The van der Waals surface area contributed by atoms with Crippen molar-refractivity contribution in [3.05, 3.63) is 59.5 Å². The molecule has 1 fully saturated rings. The van der Waals surface area contributed by atoms with Gasteiger partial charge in [0.1, 0.15) is 5.76 Å². The average molecular weight is 312 g/mol. The molecule has 1 aromatic carbocycles. The highest BCUT2D eigenvalue weighted by molar-refractivity contribution is 5.91. The van der Waals surface area contributed by atoms with Gasteiger partial charge in [-0.05, 0) is 43.5 Å². The van der Waals surface area contributed by atoms with Gasteiger partial charge in [0.15, 0.2) is 5.76 Å². The van der Waals surface area contributed by atoms with Crippen LogP contribution in [-0.4, -0.2) is 42.4 Å². The number of likely N-dealkylation sites (tertiary alicyclic amines) is 1. The number of nitrogens with zero attached hydrogens (tertiary/aromatic N) is 2. The molecule has 122 valence electrons. The van der Waals surface area contributed by atoms with Gasteiger partial charge in [-0.2, -0.15) is 0 Å². The van der Waals surface area contributed by atoms with E-state index in [0.717, 1.165) is 38.4 Å². The molecule has 1 aromatic heterocycles. The third kappa shape index (κ3) is 4.02. The zero-order valence-electron chi connectivity index (χ0n) is 13.9. The molecular weight excluding hydrogens is 288 g/mol. The summed E-state index contributed by atoms with van der Waals surface area (Å²) in [7, 11) is 1.86. The lowest BCUT2D eigenvalue weighted by Crippen LogP contribution is -2.32. The molecule has 0 spiro atoms. The lowest BCUT2D eigenvalue weighted by atomic mass is 10.1. The fourth-order valence-corrected chi connectivity index (χ4v) is 3.25. The molecule has 0 N–H and O–H groups in total. The third-order valence-electron chi connectivity index (χ3n) is 4.45. The molecule has 0 aliphatic carbocycles. The normalized spacial score (nSPS) is 18.3. The Hall–Kier alpha value is -2.07. The minimum absolute atomic E-state index is 0.0281. The van der Waals surface area contributed by atoms with Gasteiger partial charge < -0.3 is 9.32 Å². The highest BCUT2D eigenvalue weighted by Crippen LogP contribution is 2.20. The Labute approximate surface area is 137 Å². The van der Waals surface area contributed by atoms with Crippen molar-refractivity contribution in [3.8, 4) is 0 Å². The van der Waals surface area contributed by atoms with Crippen LogP contribution in [0.3, 0.4) is 0 Å². The molecule has 2 aromatic rings. The van der Waals surface area contributed by atoms with E-state index in [4.69, 9.17) is 4.42 Å². The minimum Gasteiger partial charge on any atom is -0.456 e. The first-order chi connectivity index (χ1) is 11.1. The van der Waals surface area contributed by atoms with Crippen molar-refractivity contribution in [3.63, 3.8) is 0 Å². The maximum atomic E-state index is 12.3. The van der Waals surface area contributed by atoms with Gasteiger partial charge in [0.05, 0.1) is 0 Å².